The lowest BCUT2D eigenvalue weighted by Gasteiger charge is -2.06. The van der Waals surface area contributed by atoms with Crippen LogP contribution in [0.15, 0.2) is 36.5 Å². The summed E-state index contributed by atoms with van der Waals surface area (Å²) in [7, 11) is 0. The molecule has 0 amide bonds. The minimum absolute atomic E-state index is 0.513. The molecule has 4 heteroatoms. The van der Waals surface area contributed by atoms with Gasteiger partial charge in [0, 0.05) is 11.9 Å². The van der Waals surface area contributed by atoms with Crippen LogP contribution in [0.5, 0.6) is 0 Å². The molecule has 0 fully saturated rings. The summed E-state index contributed by atoms with van der Waals surface area (Å²) in [4.78, 5) is 19.2. The van der Waals surface area contributed by atoms with E-state index in [9.17, 15) is 4.79 Å². The normalized spacial score (nSPS) is 9.94. The number of aryl methyl sites for hydroxylation is 1. The molecule has 1 aromatic heterocycles. The molecule has 2 aromatic rings. The first kappa shape index (κ1) is 11.3. The number of carbonyl (C=O) groups excluding carboxylic acids is 1. The number of hydrogen-bond acceptors (Lipinski definition) is 4. The minimum atomic E-state index is 0.513. The van der Waals surface area contributed by atoms with Crippen LogP contribution in [0.2, 0.25) is 0 Å². The number of hydrogen-bond donors (Lipinski definition) is 1. The van der Waals surface area contributed by atoms with Crippen LogP contribution >= 0.6 is 0 Å². The zero-order valence-electron chi connectivity index (χ0n) is 9.55. The van der Waals surface area contributed by atoms with Gasteiger partial charge in [-0.25, -0.2) is 9.97 Å². The van der Waals surface area contributed by atoms with E-state index in [-0.39, 0.29) is 0 Å². The topological polar surface area (TPSA) is 54.9 Å². The Morgan fingerprint density at radius 1 is 1.29 bits per heavy atom. The summed E-state index contributed by atoms with van der Waals surface area (Å²) >= 11 is 0. The highest BCUT2D eigenvalue weighted by Crippen LogP contribution is 2.13. The summed E-state index contributed by atoms with van der Waals surface area (Å²) in [6, 6.07) is 9.68. The monoisotopic (exact) mass is 227 g/mol. The summed E-state index contributed by atoms with van der Waals surface area (Å²) in [5, 5.41) is 3.09. The maximum Gasteiger partial charge on any atom is 0.227 e. The Hall–Kier alpha value is -2.23. The van der Waals surface area contributed by atoms with E-state index in [1.165, 1.54) is 0 Å². The third-order valence-electron chi connectivity index (χ3n) is 2.39. The Balaban J connectivity index is 2.25. The van der Waals surface area contributed by atoms with Crippen LogP contribution in [-0.4, -0.2) is 16.3 Å². The molecule has 0 spiro atoms. The average molecular weight is 227 g/mol. The molecule has 0 aliphatic carbocycles. The van der Waals surface area contributed by atoms with Crippen LogP contribution in [-0.2, 0) is 6.42 Å². The first-order valence-corrected chi connectivity index (χ1v) is 5.46. The van der Waals surface area contributed by atoms with Gasteiger partial charge in [-0.1, -0.05) is 25.1 Å². The van der Waals surface area contributed by atoms with Crippen molar-refractivity contribution in [2.24, 2.45) is 0 Å². The SMILES string of the molecule is CCc1nc(Nc2ccccc2)ncc1C=O. The highest BCUT2D eigenvalue weighted by molar-refractivity contribution is 5.76. The molecule has 86 valence electrons. The molecule has 0 aliphatic rings. The summed E-state index contributed by atoms with van der Waals surface area (Å²) in [6.45, 7) is 1.96. The number of aldehydes is 1. The van der Waals surface area contributed by atoms with Gasteiger partial charge in [-0.3, -0.25) is 4.79 Å². The van der Waals surface area contributed by atoms with Crippen LogP contribution in [0, 0.1) is 0 Å². The van der Waals surface area contributed by atoms with Gasteiger partial charge in [0.1, 0.15) is 0 Å². The first-order chi connectivity index (χ1) is 8.33. The Labute approximate surface area is 99.7 Å². The number of carbonyl (C=O) groups is 1. The Morgan fingerprint density at radius 2 is 2.06 bits per heavy atom. The van der Waals surface area contributed by atoms with Gasteiger partial charge in [-0.05, 0) is 18.6 Å². The number of para-hydroxylation sites is 1. The zero-order valence-corrected chi connectivity index (χ0v) is 9.55. The predicted molar refractivity (Wildman–Crippen MR) is 66.5 cm³/mol. The number of nitrogens with zero attached hydrogens (tertiary/aromatic N) is 2. The lowest BCUT2D eigenvalue weighted by atomic mass is 10.2. The lowest BCUT2D eigenvalue weighted by molar-refractivity contribution is 0.112. The number of anilines is 2. The largest absolute Gasteiger partial charge is 0.324 e. The van der Waals surface area contributed by atoms with Crippen molar-refractivity contribution in [3.8, 4) is 0 Å². The van der Waals surface area contributed by atoms with E-state index < -0.39 is 0 Å². The molecule has 0 bridgehead atoms. The molecule has 1 aromatic carbocycles. The van der Waals surface area contributed by atoms with E-state index in [1.54, 1.807) is 6.20 Å². The molecule has 0 unspecified atom stereocenters. The average Bonchev–Trinajstić information content (AvgIpc) is 2.40. The second kappa shape index (κ2) is 5.21. The Kier molecular flexibility index (Phi) is 3.45. The smallest absolute Gasteiger partial charge is 0.227 e. The molecule has 1 N–H and O–H groups in total. The number of rotatable bonds is 4. The summed E-state index contributed by atoms with van der Waals surface area (Å²) in [5.74, 6) is 0.513. The van der Waals surface area contributed by atoms with Crippen molar-refractivity contribution in [2.45, 2.75) is 13.3 Å². The van der Waals surface area contributed by atoms with Crippen LogP contribution in [0.1, 0.15) is 23.0 Å². The quantitative estimate of drug-likeness (QED) is 0.816. The molecule has 0 aliphatic heterocycles. The fourth-order valence-electron chi connectivity index (χ4n) is 1.52. The molecule has 2 rings (SSSR count). The van der Waals surface area contributed by atoms with Gasteiger partial charge in [0.15, 0.2) is 6.29 Å². The molecule has 17 heavy (non-hydrogen) atoms. The van der Waals surface area contributed by atoms with Crippen molar-refractivity contribution in [1.82, 2.24) is 9.97 Å². The third-order valence-corrected chi connectivity index (χ3v) is 2.39. The van der Waals surface area contributed by atoms with E-state index in [0.29, 0.717) is 17.9 Å². The number of benzene rings is 1. The highest BCUT2D eigenvalue weighted by Gasteiger charge is 2.04. The Bertz CT molecular complexity index is 511. The van der Waals surface area contributed by atoms with Gasteiger partial charge in [0.05, 0.1) is 11.3 Å². The first-order valence-electron chi connectivity index (χ1n) is 5.46. The van der Waals surface area contributed by atoms with Crippen molar-refractivity contribution >= 4 is 17.9 Å². The van der Waals surface area contributed by atoms with Crippen LogP contribution in [0.25, 0.3) is 0 Å². The fraction of sp³-hybridized carbons (Fsp3) is 0.154. The molecule has 4 nitrogen and oxygen atoms in total. The standard InChI is InChI=1S/C13H13N3O/c1-2-12-10(9-17)8-14-13(16-12)15-11-6-4-3-5-7-11/h3-9H,2H2,1H3,(H,14,15,16). The van der Waals surface area contributed by atoms with Crippen LogP contribution in [0.4, 0.5) is 11.6 Å². The third kappa shape index (κ3) is 2.66. The van der Waals surface area contributed by atoms with E-state index in [4.69, 9.17) is 0 Å². The zero-order chi connectivity index (χ0) is 12.1. The van der Waals surface area contributed by atoms with Crippen LogP contribution < -0.4 is 5.32 Å². The number of aromatic nitrogens is 2. The maximum atomic E-state index is 10.8. The van der Waals surface area contributed by atoms with Crippen molar-refractivity contribution < 1.29 is 4.79 Å². The van der Waals surface area contributed by atoms with Gasteiger partial charge in [-0.15, -0.1) is 0 Å². The second-order valence-electron chi connectivity index (χ2n) is 3.56. The van der Waals surface area contributed by atoms with Crippen molar-refractivity contribution in [1.29, 1.82) is 0 Å². The van der Waals surface area contributed by atoms with Crippen molar-refractivity contribution in [3.05, 3.63) is 47.8 Å². The van der Waals surface area contributed by atoms with Gasteiger partial charge in [0.25, 0.3) is 0 Å². The van der Waals surface area contributed by atoms with Crippen molar-refractivity contribution in [2.75, 3.05) is 5.32 Å². The maximum absolute atomic E-state index is 10.8. The van der Waals surface area contributed by atoms with Gasteiger partial charge >= 0.3 is 0 Å². The molecule has 0 saturated carbocycles. The second-order valence-corrected chi connectivity index (χ2v) is 3.56. The summed E-state index contributed by atoms with van der Waals surface area (Å²) < 4.78 is 0. The van der Waals surface area contributed by atoms with Crippen molar-refractivity contribution in [3.63, 3.8) is 0 Å². The molecule has 0 radical (unpaired) electrons. The molecular weight excluding hydrogens is 214 g/mol. The van der Waals surface area contributed by atoms with E-state index in [2.05, 4.69) is 15.3 Å². The predicted octanol–water partition coefficient (Wildman–Crippen LogP) is 2.60. The number of nitrogens with one attached hydrogen (secondary N) is 1. The van der Waals surface area contributed by atoms with E-state index in [0.717, 1.165) is 17.7 Å². The molecule has 0 saturated heterocycles. The van der Waals surface area contributed by atoms with Crippen LogP contribution in [0.3, 0.4) is 0 Å². The van der Waals surface area contributed by atoms with Gasteiger partial charge in [-0.2, -0.15) is 0 Å². The molecular formula is C13H13N3O. The molecule has 0 atom stereocenters. The summed E-state index contributed by atoms with van der Waals surface area (Å²) in [6.07, 6.45) is 3.04. The fourth-order valence-corrected chi connectivity index (χ4v) is 1.52. The van der Waals surface area contributed by atoms with Gasteiger partial charge in [0.2, 0.25) is 5.95 Å². The van der Waals surface area contributed by atoms with Gasteiger partial charge < -0.3 is 5.32 Å². The minimum Gasteiger partial charge on any atom is -0.324 e. The lowest BCUT2D eigenvalue weighted by Crippen LogP contribution is -2.03. The molecule has 1 heterocycles. The Morgan fingerprint density at radius 3 is 2.71 bits per heavy atom. The summed E-state index contributed by atoms with van der Waals surface area (Å²) in [5.41, 5.74) is 2.23. The highest BCUT2D eigenvalue weighted by atomic mass is 16.1. The van der Waals surface area contributed by atoms with E-state index >= 15 is 0 Å². The van der Waals surface area contributed by atoms with E-state index in [1.807, 2.05) is 37.3 Å².